The minimum Gasteiger partial charge on any atom is -0.352 e. The average molecular weight is 245 g/mol. The number of nitrogens with two attached hydrogens (primary N) is 1. The molecule has 0 aliphatic carbocycles. The van der Waals surface area contributed by atoms with E-state index in [4.69, 9.17) is 5.73 Å². The summed E-state index contributed by atoms with van der Waals surface area (Å²) in [4.78, 5) is 15.8. The highest BCUT2D eigenvalue weighted by atomic mass is 16.1. The molecule has 0 aliphatic rings. The maximum Gasteiger partial charge on any atom is 0.252 e. The van der Waals surface area contributed by atoms with E-state index in [-0.39, 0.29) is 5.91 Å². The molecule has 1 aromatic heterocycles. The van der Waals surface area contributed by atoms with Gasteiger partial charge in [-0.1, -0.05) is 31.6 Å². The Kier molecular flexibility index (Phi) is 6.52. The first-order chi connectivity index (χ1) is 8.77. The van der Waals surface area contributed by atoms with Crippen molar-refractivity contribution < 1.29 is 4.79 Å². The lowest BCUT2D eigenvalue weighted by molar-refractivity contribution is 0.0952. The standard InChI is InChI=1S/C14H19N3O/c1-2-3-4-8-17-14(18)13-9-12(6-5-7-15)10-16-11-13/h9-11H,2-4,7-8,15H2,1H3,(H,17,18). The van der Waals surface area contributed by atoms with Gasteiger partial charge in [0.05, 0.1) is 12.1 Å². The van der Waals surface area contributed by atoms with Crippen LogP contribution in [-0.4, -0.2) is 24.0 Å². The summed E-state index contributed by atoms with van der Waals surface area (Å²) in [5.41, 5.74) is 6.54. The van der Waals surface area contributed by atoms with Crippen LogP contribution in [0.15, 0.2) is 18.5 Å². The predicted molar refractivity (Wildman–Crippen MR) is 72.0 cm³/mol. The maximum absolute atomic E-state index is 11.8. The van der Waals surface area contributed by atoms with Crippen LogP contribution in [0.3, 0.4) is 0 Å². The van der Waals surface area contributed by atoms with Crippen LogP contribution in [0.5, 0.6) is 0 Å². The molecule has 0 bridgehead atoms. The van der Waals surface area contributed by atoms with Gasteiger partial charge in [0.25, 0.3) is 5.91 Å². The Morgan fingerprint density at radius 2 is 2.28 bits per heavy atom. The van der Waals surface area contributed by atoms with Crippen LogP contribution in [-0.2, 0) is 0 Å². The van der Waals surface area contributed by atoms with Crippen LogP contribution in [0.2, 0.25) is 0 Å². The van der Waals surface area contributed by atoms with Crippen LogP contribution < -0.4 is 11.1 Å². The largest absolute Gasteiger partial charge is 0.352 e. The van der Waals surface area contributed by atoms with E-state index in [0.717, 1.165) is 19.3 Å². The van der Waals surface area contributed by atoms with E-state index in [2.05, 4.69) is 29.1 Å². The Hall–Kier alpha value is -1.86. The maximum atomic E-state index is 11.8. The zero-order chi connectivity index (χ0) is 13.2. The molecular weight excluding hydrogens is 226 g/mol. The summed E-state index contributed by atoms with van der Waals surface area (Å²) in [5.74, 6) is 5.49. The third kappa shape index (κ3) is 4.98. The van der Waals surface area contributed by atoms with Gasteiger partial charge in [-0.05, 0) is 12.5 Å². The van der Waals surface area contributed by atoms with Crippen LogP contribution in [0.1, 0.15) is 42.1 Å². The number of rotatable bonds is 5. The first kappa shape index (κ1) is 14.2. The SMILES string of the molecule is CCCCCNC(=O)c1cncc(C#CCN)c1. The lowest BCUT2D eigenvalue weighted by Gasteiger charge is -2.04. The molecule has 0 fully saturated rings. The van der Waals surface area contributed by atoms with Crippen molar-refractivity contribution in [1.82, 2.24) is 10.3 Å². The van der Waals surface area contributed by atoms with Crippen molar-refractivity contribution in [3.8, 4) is 11.8 Å². The van der Waals surface area contributed by atoms with Crippen molar-refractivity contribution in [3.05, 3.63) is 29.6 Å². The zero-order valence-electron chi connectivity index (χ0n) is 10.7. The third-order valence-corrected chi connectivity index (χ3v) is 2.40. The Balaban J connectivity index is 2.57. The molecule has 0 radical (unpaired) electrons. The molecule has 1 aromatic rings. The van der Waals surface area contributed by atoms with Crippen molar-refractivity contribution in [2.24, 2.45) is 5.73 Å². The fraction of sp³-hybridized carbons (Fsp3) is 0.429. The molecule has 1 heterocycles. The van der Waals surface area contributed by atoms with Gasteiger partial charge < -0.3 is 11.1 Å². The van der Waals surface area contributed by atoms with E-state index < -0.39 is 0 Å². The number of nitrogens with zero attached hydrogens (tertiary/aromatic N) is 1. The molecule has 3 N–H and O–H groups in total. The number of nitrogens with one attached hydrogen (secondary N) is 1. The summed E-state index contributed by atoms with van der Waals surface area (Å²) in [7, 11) is 0. The van der Waals surface area contributed by atoms with Gasteiger partial charge in [0.2, 0.25) is 0 Å². The minimum absolute atomic E-state index is 0.102. The predicted octanol–water partition coefficient (Wildman–Crippen LogP) is 1.31. The number of hydrogen-bond acceptors (Lipinski definition) is 3. The van der Waals surface area contributed by atoms with E-state index in [1.165, 1.54) is 0 Å². The monoisotopic (exact) mass is 245 g/mol. The van der Waals surface area contributed by atoms with Crippen molar-refractivity contribution in [2.75, 3.05) is 13.1 Å². The van der Waals surface area contributed by atoms with Gasteiger partial charge in [-0.15, -0.1) is 0 Å². The van der Waals surface area contributed by atoms with Gasteiger partial charge in [0.1, 0.15) is 0 Å². The highest BCUT2D eigenvalue weighted by molar-refractivity contribution is 5.94. The van der Waals surface area contributed by atoms with Crippen LogP contribution in [0, 0.1) is 11.8 Å². The molecule has 1 rings (SSSR count). The van der Waals surface area contributed by atoms with E-state index in [1.807, 2.05) is 0 Å². The van der Waals surface area contributed by atoms with Gasteiger partial charge in [0.15, 0.2) is 0 Å². The second-order valence-corrected chi connectivity index (χ2v) is 3.93. The fourth-order valence-electron chi connectivity index (χ4n) is 1.46. The first-order valence-corrected chi connectivity index (χ1v) is 6.20. The summed E-state index contributed by atoms with van der Waals surface area (Å²) in [6, 6.07) is 1.73. The molecule has 0 saturated carbocycles. The Morgan fingerprint density at radius 3 is 3.00 bits per heavy atom. The van der Waals surface area contributed by atoms with Gasteiger partial charge >= 0.3 is 0 Å². The van der Waals surface area contributed by atoms with E-state index >= 15 is 0 Å². The van der Waals surface area contributed by atoms with Crippen molar-refractivity contribution in [3.63, 3.8) is 0 Å². The quantitative estimate of drug-likeness (QED) is 0.607. The number of hydrogen-bond donors (Lipinski definition) is 2. The van der Waals surface area contributed by atoms with Gasteiger partial charge in [-0.2, -0.15) is 0 Å². The molecule has 4 nitrogen and oxygen atoms in total. The number of amides is 1. The molecule has 0 aliphatic heterocycles. The van der Waals surface area contributed by atoms with Crippen LogP contribution in [0.4, 0.5) is 0 Å². The van der Waals surface area contributed by atoms with E-state index in [0.29, 0.717) is 24.2 Å². The Morgan fingerprint density at radius 1 is 1.44 bits per heavy atom. The molecule has 0 aromatic carbocycles. The summed E-state index contributed by atoms with van der Waals surface area (Å²) in [6.07, 6.45) is 6.43. The van der Waals surface area contributed by atoms with Crippen molar-refractivity contribution >= 4 is 5.91 Å². The summed E-state index contributed by atoms with van der Waals surface area (Å²) in [6.45, 7) is 3.13. The van der Waals surface area contributed by atoms with Crippen molar-refractivity contribution in [1.29, 1.82) is 0 Å². The average Bonchev–Trinajstić information content (AvgIpc) is 2.41. The van der Waals surface area contributed by atoms with Crippen molar-refractivity contribution in [2.45, 2.75) is 26.2 Å². The van der Waals surface area contributed by atoms with Gasteiger partial charge in [-0.25, -0.2) is 0 Å². The molecule has 0 atom stereocenters. The second-order valence-electron chi connectivity index (χ2n) is 3.93. The minimum atomic E-state index is -0.102. The van der Waals surface area contributed by atoms with Gasteiger partial charge in [0, 0.05) is 24.5 Å². The molecule has 0 spiro atoms. The molecular formula is C14H19N3O. The molecule has 0 saturated heterocycles. The summed E-state index contributed by atoms with van der Waals surface area (Å²) in [5, 5.41) is 2.87. The normalized spacial score (nSPS) is 9.44. The number of unbranched alkanes of at least 4 members (excludes halogenated alkanes) is 2. The zero-order valence-corrected chi connectivity index (χ0v) is 10.7. The number of pyridine rings is 1. The lowest BCUT2D eigenvalue weighted by Crippen LogP contribution is -2.24. The Labute approximate surface area is 108 Å². The van der Waals surface area contributed by atoms with Gasteiger partial charge in [-0.3, -0.25) is 9.78 Å². The smallest absolute Gasteiger partial charge is 0.252 e. The molecule has 96 valence electrons. The van der Waals surface area contributed by atoms with Crippen LogP contribution >= 0.6 is 0 Å². The van der Waals surface area contributed by atoms with Crippen LogP contribution in [0.25, 0.3) is 0 Å². The highest BCUT2D eigenvalue weighted by Gasteiger charge is 2.05. The van der Waals surface area contributed by atoms with E-state index in [9.17, 15) is 4.79 Å². The second kappa shape index (κ2) is 8.26. The topological polar surface area (TPSA) is 68.0 Å². The molecule has 1 amide bonds. The molecule has 18 heavy (non-hydrogen) atoms. The molecule has 0 unspecified atom stereocenters. The Bertz CT molecular complexity index is 446. The number of carbonyl (C=O) groups excluding carboxylic acids is 1. The third-order valence-electron chi connectivity index (χ3n) is 2.40. The highest BCUT2D eigenvalue weighted by Crippen LogP contribution is 2.01. The fourth-order valence-corrected chi connectivity index (χ4v) is 1.46. The first-order valence-electron chi connectivity index (χ1n) is 6.20. The summed E-state index contributed by atoms with van der Waals surface area (Å²) < 4.78 is 0. The molecule has 4 heteroatoms. The number of aromatic nitrogens is 1. The van der Waals surface area contributed by atoms with E-state index in [1.54, 1.807) is 18.5 Å². The number of carbonyl (C=O) groups is 1. The lowest BCUT2D eigenvalue weighted by atomic mass is 10.2. The summed E-state index contributed by atoms with van der Waals surface area (Å²) >= 11 is 0.